The third kappa shape index (κ3) is 3.41. The van der Waals surface area contributed by atoms with Crippen molar-refractivity contribution < 1.29 is 19.1 Å². The lowest BCUT2D eigenvalue weighted by molar-refractivity contribution is -0.144. The van der Waals surface area contributed by atoms with Gasteiger partial charge in [0.2, 0.25) is 0 Å². The average molecular weight is 212 g/mol. The van der Waals surface area contributed by atoms with Gasteiger partial charge in [-0.05, 0) is 6.92 Å². The summed E-state index contributed by atoms with van der Waals surface area (Å²) in [7, 11) is 0. The molecule has 0 spiro atoms. The Balaban J connectivity index is 2.32. The molecule has 1 fully saturated rings. The lowest BCUT2D eigenvalue weighted by Crippen LogP contribution is -2.32. The quantitative estimate of drug-likeness (QED) is 0.381. The van der Waals surface area contributed by atoms with Crippen LogP contribution in [0.25, 0.3) is 0 Å². The molecule has 0 aromatic rings. The second-order valence-corrected chi connectivity index (χ2v) is 2.97. The van der Waals surface area contributed by atoms with Crippen LogP contribution < -0.4 is 10.6 Å². The summed E-state index contributed by atoms with van der Waals surface area (Å²) in [5.74, 6) is -1.02. The van der Waals surface area contributed by atoms with Crippen LogP contribution in [0.2, 0.25) is 0 Å². The van der Waals surface area contributed by atoms with E-state index in [4.69, 9.17) is 4.74 Å². The number of nitrogens with one attached hydrogen (secondary N) is 2. The van der Waals surface area contributed by atoms with Crippen LogP contribution in [0.4, 0.5) is 4.79 Å². The van der Waals surface area contributed by atoms with Crippen molar-refractivity contribution in [3.63, 3.8) is 0 Å². The molecule has 1 rings (SSSR count). The van der Waals surface area contributed by atoms with Crippen LogP contribution >= 0.6 is 0 Å². The second kappa shape index (κ2) is 5.14. The van der Waals surface area contributed by atoms with Crippen molar-refractivity contribution in [2.45, 2.75) is 19.4 Å². The molecule has 0 radical (unpaired) electrons. The summed E-state index contributed by atoms with van der Waals surface area (Å²) in [6.07, 6.45) is 3.28. The van der Waals surface area contributed by atoms with E-state index >= 15 is 0 Å². The molecule has 1 atom stereocenters. The normalized spacial score (nSPS) is 20.2. The molecule has 0 aromatic heterocycles. The summed E-state index contributed by atoms with van der Waals surface area (Å²) in [5, 5.41) is 4.34. The molecule has 1 aliphatic rings. The summed E-state index contributed by atoms with van der Waals surface area (Å²) in [4.78, 5) is 32.9. The summed E-state index contributed by atoms with van der Waals surface area (Å²) in [6, 6.07) is -1.39. The molecule has 82 valence electrons. The molecule has 0 aliphatic carbocycles. The lowest BCUT2D eigenvalue weighted by Gasteiger charge is -2.05. The van der Waals surface area contributed by atoms with Crippen LogP contribution in [0.3, 0.4) is 0 Å². The Morgan fingerprint density at radius 2 is 2.27 bits per heavy atom. The van der Waals surface area contributed by atoms with E-state index in [0.29, 0.717) is 0 Å². The van der Waals surface area contributed by atoms with Gasteiger partial charge in [-0.25, -0.2) is 4.79 Å². The predicted octanol–water partition coefficient (Wildman–Crippen LogP) is -0.296. The summed E-state index contributed by atoms with van der Waals surface area (Å²) in [6.45, 7) is 1.98. The first kappa shape index (κ1) is 11.2. The fourth-order valence-corrected chi connectivity index (χ4v) is 1.07. The molecular formula is C9H12N2O4. The van der Waals surface area contributed by atoms with E-state index in [1.807, 2.05) is 5.32 Å². The van der Waals surface area contributed by atoms with Crippen molar-refractivity contribution in [3.8, 4) is 0 Å². The maximum Gasteiger partial charge on any atom is 0.322 e. The van der Waals surface area contributed by atoms with Crippen molar-refractivity contribution >= 4 is 17.9 Å². The number of esters is 1. The fourth-order valence-electron chi connectivity index (χ4n) is 1.07. The van der Waals surface area contributed by atoms with Gasteiger partial charge in [0.1, 0.15) is 12.6 Å². The van der Waals surface area contributed by atoms with E-state index in [2.05, 4.69) is 5.32 Å². The molecule has 0 bridgehead atoms. The van der Waals surface area contributed by atoms with E-state index in [-0.39, 0.29) is 13.0 Å². The van der Waals surface area contributed by atoms with Crippen LogP contribution in [0.5, 0.6) is 0 Å². The number of carbonyl (C=O) groups is 3. The zero-order valence-electron chi connectivity index (χ0n) is 8.28. The first-order valence-corrected chi connectivity index (χ1v) is 4.51. The SMILES string of the molecule is CC=CCOC(=O)C[C@@H]1NC(=O)NC1=O. The Hall–Kier alpha value is -1.85. The Labute approximate surface area is 86.7 Å². The number of amides is 3. The van der Waals surface area contributed by atoms with Gasteiger partial charge >= 0.3 is 12.0 Å². The molecule has 1 heterocycles. The Bertz CT molecular complexity index is 311. The Morgan fingerprint density at radius 1 is 1.53 bits per heavy atom. The molecule has 3 amide bonds. The molecule has 15 heavy (non-hydrogen) atoms. The van der Waals surface area contributed by atoms with Gasteiger partial charge in [0.25, 0.3) is 5.91 Å². The number of urea groups is 1. The molecule has 1 aliphatic heterocycles. The predicted molar refractivity (Wildman–Crippen MR) is 50.9 cm³/mol. The molecule has 0 aromatic carbocycles. The number of ether oxygens (including phenoxy) is 1. The minimum Gasteiger partial charge on any atom is -0.461 e. The molecule has 2 N–H and O–H groups in total. The van der Waals surface area contributed by atoms with Gasteiger partial charge in [0.05, 0.1) is 6.42 Å². The van der Waals surface area contributed by atoms with Gasteiger partial charge < -0.3 is 10.1 Å². The number of carbonyl (C=O) groups excluding carboxylic acids is 3. The minimum atomic E-state index is -0.810. The number of hydrogen-bond donors (Lipinski definition) is 2. The summed E-state index contributed by atoms with van der Waals surface area (Å²) >= 11 is 0. The Morgan fingerprint density at radius 3 is 2.80 bits per heavy atom. The van der Waals surface area contributed by atoms with Gasteiger partial charge in [-0.2, -0.15) is 0 Å². The molecule has 0 saturated carbocycles. The number of allylic oxidation sites excluding steroid dienone is 1. The maximum absolute atomic E-state index is 11.1. The average Bonchev–Trinajstić information content (AvgIpc) is 2.45. The highest BCUT2D eigenvalue weighted by molar-refractivity contribution is 6.05. The fraction of sp³-hybridized carbons (Fsp3) is 0.444. The van der Waals surface area contributed by atoms with E-state index in [1.54, 1.807) is 19.1 Å². The standard InChI is InChI=1S/C9H12N2O4/c1-2-3-4-15-7(12)5-6-8(13)11-9(14)10-6/h2-3,6H,4-5H2,1H3,(H2,10,11,13,14)/t6-/m0/s1. The van der Waals surface area contributed by atoms with E-state index in [0.717, 1.165) is 0 Å². The summed E-state index contributed by atoms with van der Waals surface area (Å²) < 4.78 is 4.77. The lowest BCUT2D eigenvalue weighted by atomic mass is 10.2. The molecular weight excluding hydrogens is 200 g/mol. The van der Waals surface area contributed by atoms with Crippen LogP contribution in [0, 0.1) is 0 Å². The highest BCUT2D eigenvalue weighted by atomic mass is 16.5. The van der Waals surface area contributed by atoms with Crippen LogP contribution in [0.1, 0.15) is 13.3 Å². The van der Waals surface area contributed by atoms with Crippen molar-refractivity contribution in [2.24, 2.45) is 0 Å². The van der Waals surface area contributed by atoms with Gasteiger partial charge in [-0.3, -0.25) is 14.9 Å². The first-order chi connectivity index (χ1) is 7.13. The maximum atomic E-state index is 11.1. The smallest absolute Gasteiger partial charge is 0.322 e. The number of rotatable bonds is 4. The van der Waals surface area contributed by atoms with E-state index in [1.165, 1.54) is 0 Å². The van der Waals surface area contributed by atoms with E-state index < -0.39 is 23.9 Å². The molecule has 1 saturated heterocycles. The highest BCUT2D eigenvalue weighted by Gasteiger charge is 2.31. The van der Waals surface area contributed by atoms with Gasteiger partial charge in [0.15, 0.2) is 0 Å². The van der Waals surface area contributed by atoms with Crippen LogP contribution in [-0.2, 0) is 14.3 Å². The second-order valence-electron chi connectivity index (χ2n) is 2.97. The number of imide groups is 1. The number of hydrogen-bond acceptors (Lipinski definition) is 4. The third-order valence-electron chi connectivity index (χ3n) is 1.81. The summed E-state index contributed by atoms with van der Waals surface area (Å²) in [5.41, 5.74) is 0. The van der Waals surface area contributed by atoms with Crippen molar-refractivity contribution in [1.82, 2.24) is 10.6 Å². The minimum absolute atomic E-state index is 0.144. The van der Waals surface area contributed by atoms with Crippen molar-refractivity contribution in [3.05, 3.63) is 12.2 Å². The van der Waals surface area contributed by atoms with Crippen LogP contribution in [-0.4, -0.2) is 30.6 Å². The zero-order valence-corrected chi connectivity index (χ0v) is 8.28. The van der Waals surface area contributed by atoms with Gasteiger partial charge in [-0.1, -0.05) is 12.2 Å². The highest BCUT2D eigenvalue weighted by Crippen LogP contribution is 2.00. The molecule has 6 heteroatoms. The van der Waals surface area contributed by atoms with Crippen molar-refractivity contribution in [2.75, 3.05) is 6.61 Å². The largest absolute Gasteiger partial charge is 0.461 e. The topological polar surface area (TPSA) is 84.5 Å². The zero-order chi connectivity index (χ0) is 11.3. The Kier molecular flexibility index (Phi) is 3.84. The first-order valence-electron chi connectivity index (χ1n) is 4.51. The molecule has 6 nitrogen and oxygen atoms in total. The third-order valence-corrected chi connectivity index (χ3v) is 1.81. The van der Waals surface area contributed by atoms with Gasteiger partial charge in [-0.15, -0.1) is 0 Å². The van der Waals surface area contributed by atoms with Crippen LogP contribution in [0.15, 0.2) is 12.2 Å². The van der Waals surface area contributed by atoms with E-state index in [9.17, 15) is 14.4 Å². The van der Waals surface area contributed by atoms with Gasteiger partial charge in [0, 0.05) is 0 Å². The van der Waals surface area contributed by atoms with Crippen molar-refractivity contribution in [1.29, 1.82) is 0 Å². The molecule has 0 unspecified atom stereocenters. The monoisotopic (exact) mass is 212 g/mol.